The molecule has 0 aliphatic carbocycles. The molecule has 3 heteroatoms. The van der Waals surface area contributed by atoms with Gasteiger partial charge in [-0.25, -0.2) is 0 Å². The van der Waals surface area contributed by atoms with Gasteiger partial charge in [0.1, 0.15) is 5.75 Å². The molecular weight excluding hydrogens is 280 g/mol. The average Bonchev–Trinajstić information content (AvgIpc) is 2.09. The molecule has 0 amide bonds. The third-order valence-corrected chi connectivity index (χ3v) is 8.16. The zero-order valence-corrected chi connectivity index (χ0v) is 13.6. The molecule has 0 fully saturated rings. The summed E-state index contributed by atoms with van der Waals surface area (Å²) in [6, 6.07) is 6.20. The van der Waals surface area contributed by atoms with Crippen LogP contribution >= 0.6 is 15.9 Å². The number of hydrogen-bond acceptors (Lipinski definition) is 1. The van der Waals surface area contributed by atoms with Crippen LogP contribution in [0.4, 0.5) is 0 Å². The SMILES string of the molecule is Cc1ccc(Br)cc1O[Si](C)(C)C(C)(C)C. The molecule has 0 saturated carbocycles. The Hall–Kier alpha value is -0.283. The molecule has 1 nitrogen and oxygen atoms in total. The van der Waals surface area contributed by atoms with Gasteiger partial charge in [-0.1, -0.05) is 42.8 Å². The number of benzene rings is 1. The van der Waals surface area contributed by atoms with E-state index in [-0.39, 0.29) is 5.04 Å². The van der Waals surface area contributed by atoms with Gasteiger partial charge in [-0.15, -0.1) is 0 Å². The summed E-state index contributed by atoms with van der Waals surface area (Å²) in [5.41, 5.74) is 1.20. The fraction of sp³-hybridized carbons (Fsp3) is 0.538. The van der Waals surface area contributed by atoms with E-state index in [0.717, 1.165) is 10.2 Å². The van der Waals surface area contributed by atoms with Crippen molar-refractivity contribution < 1.29 is 4.43 Å². The Kier molecular flexibility index (Phi) is 3.90. The van der Waals surface area contributed by atoms with Crippen LogP contribution in [0, 0.1) is 6.92 Å². The number of rotatable bonds is 2. The van der Waals surface area contributed by atoms with Crippen molar-refractivity contribution in [1.29, 1.82) is 0 Å². The van der Waals surface area contributed by atoms with Gasteiger partial charge in [-0.2, -0.15) is 0 Å². The maximum atomic E-state index is 6.29. The van der Waals surface area contributed by atoms with Gasteiger partial charge in [-0.3, -0.25) is 0 Å². The maximum absolute atomic E-state index is 6.29. The molecule has 0 saturated heterocycles. The van der Waals surface area contributed by atoms with E-state index in [0.29, 0.717) is 0 Å². The number of aryl methyl sites for hydroxylation is 1. The molecule has 0 bridgehead atoms. The Balaban J connectivity index is 3.01. The van der Waals surface area contributed by atoms with Gasteiger partial charge in [0.05, 0.1) is 0 Å². The van der Waals surface area contributed by atoms with Crippen LogP contribution in [0.5, 0.6) is 5.75 Å². The predicted molar refractivity (Wildman–Crippen MR) is 76.7 cm³/mol. The molecule has 1 rings (SSSR count). The lowest BCUT2D eigenvalue weighted by atomic mass is 10.2. The first-order chi connectivity index (χ1) is 7.13. The van der Waals surface area contributed by atoms with Crippen molar-refractivity contribution in [2.75, 3.05) is 0 Å². The van der Waals surface area contributed by atoms with Crippen molar-refractivity contribution in [1.82, 2.24) is 0 Å². The highest BCUT2D eigenvalue weighted by Crippen LogP contribution is 2.38. The molecular formula is C13H21BrOSi. The third kappa shape index (κ3) is 3.11. The summed E-state index contributed by atoms with van der Waals surface area (Å²) in [5, 5.41) is 0.238. The normalized spacial score (nSPS) is 12.7. The van der Waals surface area contributed by atoms with Crippen LogP contribution in [0.25, 0.3) is 0 Å². The summed E-state index contributed by atoms with van der Waals surface area (Å²) in [7, 11) is -1.72. The minimum Gasteiger partial charge on any atom is -0.543 e. The quantitative estimate of drug-likeness (QED) is 0.687. The van der Waals surface area contributed by atoms with E-state index in [1.807, 2.05) is 6.07 Å². The van der Waals surface area contributed by atoms with Gasteiger partial charge >= 0.3 is 0 Å². The molecule has 0 heterocycles. The molecule has 90 valence electrons. The molecule has 0 unspecified atom stereocenters. The Morgan fingerprint density at radius 2 is 1.75 bits per heavy atom. The van der Waals surface area contributed by atoms with Gasteiger partial charge in [0.25, 0.3) is 0 Å². The van der Waals surface area contributed by atoms with Gasteiger partial charge in [0.2, 0.25) is 8.32 Å². The molecule has 0 N–H and O–H groups in total. The van der Waals surface area contributed by atoms with Crippen LogP contribution in [0.3, 0.4) is 0 Å². The minimum atomic E-state index is -1.72. The second-order valence-electron chi connectivity index (χ2n) is 5.77. The lowest BCUT2D eigenvalue weighted by molar-refractivity contribution is 0.489. The lowest BCUT2D eigenvalue weighted by Gasteiger charge is -2.37. The standard InChI is InChI=1S/C13H21BrOSi/c1-10-7-8-11(14)9-12(10)15-16(5,6)13(2,3)4/h7-9H,1-6H3. The van der Waals surface area contributed by atoms with Crippen molar-refractivity contribution >= 4 is 24.2 Å². The first kappa shape index (κ1) is 13.8. The highest BCUT2D eigenvalue weighted by Gasteiger charge is 2.39. The fourth-order valence-electron chi connectivity index (χ4n) is 1.11. The smallest absolute Gasteiger partial charge is 0.250 e. The van der Waals surface area contributed by atoms with Gasteiger partial charge in [0.15, 0.2) is 0 Å². The van der Waals surface area contributed by atoms with Crippen molar-refractivity contribution in [2.24, 2.45) is 0 Å². The summed E-state index contributed by atoms with van der Waals surface area (Å²) >= 11 is 3.49. The third-order valence-electron chi connectivity index (χ3n) is 3.32. The van der Waals surface area contributed by atoms with Crippen LogP contribution in [-0.4, -0.2) is 8.32 Å². The molecule has 0 aromatic heterocycles. The zero-order chi connectivity index (χ0) is 12.6. The monoisotopic (exact) mass is 300 g/mol. The van der Waals surface area contributed by atoms with Gasteiger partial charge in [-0.05, 0) is 42.8 Å². The number of hydrogen-bond donors (Lipinski definition) is 0. The summed E-state index contributed by atoms with van der Waals surface area (Å²) in [6.07, 6.45) is 0. The second-order valence-corrected chi connectivity index (χ2v) is 11.4. The van der Waals surface area contributed by atoms with Crippen LogP contribution in [-0.2, 0) is 0 Å². The van der Waals surface area contributed by atoms with Crippen molar-refractivity contribution in [3.05, 3.63) is 28.2 Å². The summed E-state index contributed by atoms with van der Waals surface area (Å²) in [4.78, 5) is 0. The molecule has 16 heavy (non-hydrogen) atoms. The van der Waals surface area contributed by atoms with E-state index in [2.05, 4.69) is 68.9 Å². The van der Waals surface area contributed by atoms with Crippen molar-refractivity contribution in [3.8, 4) is 5.75 Å². The van der Waals surface area contributed by atoms with E-state index in [1.165, 1.54) is 5.56 Å². The highest BCUT2D eigenvalue weighted by molar-refractivity contribution is 9.10. The van der Waals surface area contributed by atoms with Gasteiger partial charge < -0.3 is 4.43 Å². The van der Waals surface area contributed by atoms with E-state index in [1.54, 1.807) is 0 Å². The van der Waals surface area contributed by atoms with Crippen LogP contribution in [0.15, 0.2) is 22.7 Å². The first-order valence-electron chi connectivity index (χ1n) is 5.59. The van der Waals surface area contributed by atoms with Gasteiger partial charge in [0, 0.05) is 4.47 Å². The minimum absolute atomic E-state index is 0.238. The lowest BCUT2D eigenvalue weighted by Crippen LogP contribution is -2.44. The Bertz CT molecular complexity index is 380. The number of halogens is 1. The Morgan fingerprint density at radius 3 is 2.25 bits per heavy atom. The Labute approximate surface area is 108 Å². The molecule has 1 aromatic rings. The zero-order valence-electron chi connectivity index (χ0n) is 11.0. The second kappa shape index (κ2) is 4.53. The van der Waals surface area contributed by atoms with E-state index in [9.17, 15) is 0 Å². The summed E-state index contributed by atoms with van der Waals surface area (Å²) in [6.45, 7) is 13.4. The van der Waals surface area contributed by atoms with Crippen molar-refractivity contribution in [2.45, 2.75) is 45.8 Å². The topological polar surface area (TPSA) is 9.23 Å². The van der Waals surface area contributed by atoms with E-state index < -0.39 is 8.32 Å². The molecule has 0 spiro atoms. The Morgan fingerprint density at radius 1 is 1.19 bits per heavy atom. The van der Waals surface area contributed by atoms with E-state index >= 15 is 0 Å². The van der Waals surface area contributed by atoms with Crippen LogP contribution < -0.4 is 4.43 Å². The highest BCUT2D eigenvalue weighted by atomic mass is 79.9. The molecule has 1 aromatic carbocycles. The molecule has 0 atom stereocenters. The molecule has 0 radical (unpaired) electrons. The van der Waals surface area contributed by atoms with Crippen LogP contribution in [0.1, 0.15) is 26.3 Å². The average molecular weight is 301 g/mol. The maximum Gasteiger partial charge on any atom is 0.250 e. The predicted octanol–water partition coefficient (Wildman–Crippen LogP) is 5.14. The van der Waals surface area contributed by atoms with E-state index in [4.69, 9.17) is 4.43 Å². The fourth-order valence-corrected chi connectivity index (χ4v) is 2.53. The van der Waals surface area contributed by atoms with Crippen molar-refractivity contribution in [3.63, 3.8) is 0 Å². The largest absolute Gasteiger partial charge is 0.543 e. The van der Waals surface area contributed by atoms with Crippen LogP contribution in [0.2, 0.25) is 18.1 Å². The first-order valence-corrected chi connectivity index (χ1v) is 9.29. The molecule has 0 aliphatic heterocycles. The molecule has 0 aliphatic rings. The summed E-state index contributed by atoms with van der Waals surface area (Å²) < 4.78 is 7.36. The summed E-state index contributed by atoms with van der Waals surface area (Å²) in [5.74, 6) is 1.01.